The Morgan fingerprint density at radius 3 is 1.42 bits per heavy atom. The van der Waals surface area contributed by atoms with Crippen LogP contribution in [0, 0.1) is 0 Å². The van der Waals surface area contributed by atoms with Gasteiger partial charge in [0.15, 0.2) is 5.75 Å². The molecule has 0 saturated heterocycles. The molecule has 2 aromatic rings. The first kappa shape index (κ1) is 15.1. The van der Waals surface area contributed by atoms with E-state index in [-0.39, 0.29) is 0 Å². The van der Waals surface area contributed by atoms with Gasteiger partial charge in [0.25, 0.3) is 0 Å². The number of hydrogen-bond acceptors (Lipinski definition) is 1. The highest BCUT2D eigenvalue weighted by Crippen LogP contribution is 2.40. The van der Waals surface area contributed by atoms with Crippen molar-refractivity contribution >= 4 is 58.0 Å². The molecular formula is C13H7Cl5O. The van der Waals surface area contributed by atoms with Crippen LogP contribution in [0.4, 0.5) is 0 Å². The first-order valence-electron chi connectivity index (χ1n) is 5.12. The van der Waals surface area contributed by atoms with E-state index >= 15 is 0 Å². The molecule has 0 atom stereocenters. The SMILES string of the molecule is COc1c(Cl)cc(-c2cc(Cl)c(Cl)c(Cl)c2)cc1Cl. The van der Waals surface area contributed by atoms with Crippen molar-refractivity contribution < 1.29 is 4.74 Å². The lowest BCUT2D eigenvalue weighted by Crippen LogP contribution is -1.88. The van der Waals surface area contributed by atoms with Crippen LogP contribution in [0.3, 0.4) is 0 Å². The Balaban J connectivity index is 2.60. The van der Waals surface area contributed by atoms with E-state index in [2.05, 4.69) is 0 Å². The van der Waals surface area contributed by atoms with Crippen molar-refractivity contribution in [1.29, 1.82) is 0 Å². The van der Waals surface area contributed by atoms with Crippen molar-refractivity contribution in [3.63, 3.8) is 0 Å². The number of rotatable bonds is 2. The molecule has 0 unspecified atom stereocenters. The van der Waals surface area contributed by atoms with Crippen LogP contribution in [0.1, 0.15) is 0 Å². The van der Waals surface area contributed by atoms with E-state index in [0.29, 0.717) is 30.9 Å². The van der Waals surface area contributed by atoms with Crippen molar-refractivity contribution in [2.75, 3.05) is 7.11 Å². The molecule has 0 spiro atoms. The Morgan fingerprint density at radius 2 is 1.05 bits per heavy atom. The fraction of sp³-hybridized carbons (Fsp3) is 0.0769. The number of ether oxygens (including phenoxy) is 1. The molecule has 0 aliphatic rings. The van der Waals surface area contributed by atoms with Gasteiger partial charge in [0.2, 0.25) is 0 Å². The second-order valence-electron chi connectivity index (χ2n) is 3.73. The molecule has 0 aliphatic carbocycles. The zero-order valence-electron chi connectivity index (χ0n) is 9.61. The molecule has 100 valence electrons. The van der Waals surface area contributed by atoms with Crippen molar-refractivity contribution in [1.82, 2.24) is 0 Å². The normalized spacial score (nSPS) is 10.6. The molecule has 2 rings (SSSR count). The minimum atomic E-state index is 0.317. The van der Waals surface area contributed by atoms with E-state index in [4.69, 9.17) is 62.7 Å². The van der Waals surface area contributed by atoms with Gasteiger partial charge in [-0.1, -0.05) is 58.0 Å². The Kier molecular flexibility index (Phi) is 4.75. The summed E-state index contributed by atoms with van der Waals surface area (Å²) in [4.78, 5) is 0. The van der Waals surface area contributed by atoms with Gasteiger partial charge >= 0.3 is 0 Å². The van der Waals surface area contributed by atoms with E-state index < -0.39 is 0 Å². The van der Waals surface area contributed by atoms with E-state index in [1.165, 1.54) is 7.11 Å². The summed E-state index contributed by atoms with van der Waals surface area (Å²) >= 11 is 30.1. The van der Waals surface area contributed by atoms with Crippen molar-refractivity contribution in [3.05, 3.63) is 49.4 Å². The first-order valence-corrected chi connectivity index (χ1v) is 7.01. The molecule has 0 fully saturated rings. The van der Waals surface area contributed by atoms with Gasteiger partial charge < -0.3 is 4.74 Å². The maximum atomic E-state index is 6.09. The average Bonchev–Trinajstić information content (AvgIpc) is 2.35. The van der Waals surface area contributed by atoms with Crippen LogP contribution in [0.15, 0.2) is 24.3 Å². The molecule has 1 nitrogen and oxygen atoms in total. The molecule has 0 amide bonds. The van der Waals surface area contributed by atoms with Crippen molar-refractivity contribution in [2.24, 2.45) is 0 Å². The Morgan fingerprint density at radius 1 is 0.684 bits per heavy atom. The zero-order valence-corrected chi connectivity index (χ0v) is 13.4. The molecule has 0 saturated carbocycles. The third-order valence-electron chi connectivity index (χ3n) is 2.52. The molecule has 0 aliphatic heterocycles. The zero-order chi connectivity index (χ0) is 14.2. The van der Waals surface area contributed by atoms with E-state index in [1.54, 1.807) is 24.3 Å². The van der Waals surface area contributed by atoms with Crippen LogP contribution >= 0.6 is 58.0 Å². The summed E-state index contributed by atoms with van der Waals surface area (Å²) in [7, 11) is 1.50. The third-order valence-corrected chi connectivity index (χ3v) is 4.28. The average molecular weight is 356 g/mol. The Bertz CT molecular complexity index is 593. The molecule has 19 heavy (non-hydrogen) atoms. The van der Waals surface area contributed by atoms with Crippen LogP contribution in [0.2, 0.25) is 25.1 Å². The minimum absolute atomic E-state index is 0.317. The quantitative estimate of drug-likeness (QED) is 0.549. The largest absolute Gasteiger partial charge is 0.494 e. The lowest BCUT2D eigenvalue weighted by Gasteiger charge is -2.10. The summed E-state index contributed by atoms with van der Waals surface area (Å²) in [5, 5.41) is 1.87. The number of benzene rings is 2. The summed E-state index contributed by atoms with van der Waals surface area (Å²) in [6.07, 6.45) is 0. The van der Waals surface area contributed by atoms with Crippen LogP contribution in [0.25, 0.3) is 11.1 Å². The monoisotopic (exact) mass is 354 g/mol. The number of methoxy groups -OCH3 is 1. The predicted molar refractivity (Wildman–Crippen MR) is 83.5 cm³/mol. The maximum Gasteiger partial charge on any atom is 0.156 e. The van der Waals surface area contributed by atoms with Gasteiger partial charge in [-0.15, -0.1) is 0 Å². The molecule has 0 aromatic heterocycles. The third kappa shape index (κ3) is 3.07. The highest BCUT2D eigenvalue weighted by molar-refractivity contribution is 6.48. The van der Waals surface area contributed by atoms with Crippen LogP contribution in [-0.4, -0.2) is 7.11 Å². The standard InChI is InChI=1S/C13H7Cl5O/c1-19-13-10(16)4-7(5-11(13)17)6-2-8(14)12(18)9(15)3-6/h2-5H,1H3. The van der Waals surface area contributed by atoms with Gasteiger partial charge in [0.1, 0.15) is 0 Å². The highest BCUT2D eigenvalue weighted by Gasteiger charge is 2.12. The van der Waals surface area contributed by atoms with E-state index in [0.717, 1.165) is 11.1 Å². The first-order chi connectivity index (χ1) is 8.93. The number of hydrogen-bond donors (Lipinski definition) is 0. The molecule has 6 heteroatoms. The van der Waals surface area contributed by atoms with Gasteiger partial charge in [-0.05, 0) is 35.4 Å². The molecule has 0 bridgehead atoms. The van der Waals surface area contributed by atoms with Crippen LogP contribution in [-0.2, 0) is 0 Å². The summed E-state index contributed by atoms with van der Waals surface area (Å²) in [6, 6.07) is 6.85. The molecule has 0 radical (unpaired) electrons. The highest BCUT2D eigenvalue weighted by atomic mass is 35.5. The lowest BCUT2D eigenvalue weighted by molar-refractivity contribution is 0.415. The molecule has 0 heterocycles. The summed E-state index contributed by atoms with van der Waals surface area (Å²) in [6.45, 7) is 0. The van der Waals surface area contributed by atoms with Crippen LogP contribution < -0.4 is 4.74 Å². The predicted octanol–water partition coefficient (Wildman–Crippen LogP) is 6.63. The molecular weight excluding hydrogens is 349 g/mol. The summed E-state index contributed by atoms with van der Waals surface area (Å²) in [5.41, 5.74) is 1.54. The smallest absolute Gasteiger partial charge is 0.156 e. The second-order valence-corrected chi connectivity index (χ2v) is 5.73. The second kappa shape index (κ2) is 5.99. The van der Waals surface area contributed by atoms with Crippen molar-refractivity contribution in [2.45, 2.75) is 0 Å². The van der Waals surface area contributed by atoms with E-state index in [1.807, 2.05) is 0 Å². The lowest BCUT2D eigenvalue weighted by atomic mass is 10.1. The van der Waals surface area contributed by atoms with Gasteiger partial charge in [-0.25, -0.2) is 0 Å². The van der Waals surface area contributed by atoms with E-state index in [9.17, 15) is 0 Å². The van der Waals surface area contributed by atoms with Gasteiger partial charge in [0.05, 0.1) is 32.2 Å². The minimum Gasteiger partial charge on any atom is -0.494 e. The Labute approximate surface area is 135 Å². The topological polar surface area (TPSA) is 9.23 Å². The van der Waals surface area contributed by atoms with Gasteiger partial charge in [0, 0.05) is 0 Å². The Hall–Kier alpha value is -0.310. The van der Waals surface area contributed by atoms with Crippen molar-refractivity contribution in [3.8, 4) is 16.9 Å². The molecule has 0 N–H and O–H groups in total. The summed E-state index contributed by atoms with van der Waals surface area (Å²) in [5.74, 6) is 0.429. The maximum absolute atomic E-state index is 6.09. The summed E-state index contributed by atoms with van der Waals surface area (Å²) < 4.78 is 5.10. The fourth-order valence-electron chi connectivity index (χ4n) is 1.64. The number of halogens is 5. The van der Waals surface area contributed by atoms with Gasteiger partial charge in [-0.2, -0.15) is 0 Å². The molecule has 2 aromatic carbocycles. The fourth-order valence-corrected chi connectivity index (χ4v) is 2.88. The van der Waals surface area contributed by atoms with Crippen LogP contribution in [0.5, 0.6) is 5.75 Å². The van der Waals surface area contributed by atoms with Gasteiger partial charge in [-0.3, -0.25) is 0 Å².